The van der Waals surface area contributed by atoms with Gasteiger partial charge in [-0.25, -0.2) is 4.79 Å². The average Bonchev–Trinajstić information content (AvgIpc) is 2.96. The number of methoxy groups -OCH3 is 2. The molecule has 0 atom stereocenters. The van der Waals surface area contributed by atoms with Crippen molar-refractivity contribution in [2.75, 3.05) is 31.5 Å². The number of nitriles is 1. The molecule has 198 valence electrons. The van der Waals surface area contributed by atoms with Gasteiger partial charge in [-0.3, -0.25) is 9.78 Å². The number of carbonyl (C=O) groups excluding carboxylic acids is 2. The van der Waals surface area contributed by atoms with Gasteiger partial charge >= 0.3 is 12.0 Å². The van der Waals surface area contributed by atoms with Crippen LogP contribution in [0.1, 0.15) is 18.4 Å². The Hall–Kier alpha value is -5.30. The smallest absolute Gasteiger partial charge is 0.323 e. The lowest BCUT2D eigenvalue weighted by Gasteiger charge is -2.12. The molecule has 4 aromatic rings. The molecule has 0 aliphatic heterocycles. The lowest BCUT2D eigenvalue weighted by molar-refractivity contribution is -0.140. The van der Waals surface area contributed by atoms with Gasteiger partial charge in [-0.2, -0.15) is 5.26 Å². The Labute approximate surface area is 225 Å². The number of nitrogens with one attached hydrogen (secondary N) is 2. The molecule has 0 bridgehead atoms. The highest BCUT2D eigenvalue weighted by atomic mass is 16.5. The van der Waals surface area contributed by atoms with Crippen molar-refractivity contribution in [3.8, 4) is 29.1 Å². The number of hydrogen-bond donors (Lipinski definition) is 2. The molecule has 10 heteroatoms. The Balaban J connectivity index is 1.41. The van der Waals surface area contributed by atoms with Gasteiger partial charge in [-0.1, -0.05) is 0 Å². The number of carbonyl (C=O) groups is 2. The number of fused-ring (bicyclic) bond motifs is 1. The second kappa shape index (κ2) is 12.8. The molecular weight excluding hydrogens is 500 g/mol. The van der Waals surface area contributed by atoms with Crippen LogP contribution in [0.2, 0.25) is 0 Å². The third-order valence-electron chi connectivity index (χ3n) is 5.62. The van der Waals surface area contributed by atoms with Crippen LogP contribution >= 0.6 is 0 Å². The summed E-state index contributed by atoms with van der Waals surface area (Å²) >= 11 is 0. The number of pyridine rings is 1. The Bertz CT molecular complexity index is 1500. The highest BCUT2D eigenvalue weighted by Crippen LogP contribution is 2.33. The second-order valence-electron chi connectivity index (χ2n) is 8.25. The summed E-state index contributed by atoms with van der Waals surface area (Å²) < 4.78 is 21.5. The van der Waals surface area contributed by atoms with E-state index in [9.17, 15) is 14.9 Å². The standard InChI is InChI=1S/C29H26N4O6/c1-36-22-9-5-20(6-10-22)32-29(35)33-21-7-11-23(12-8-21)39-26-13-14-31-25-17-27(19(18-30)16-24(25)26)38-15-3-4-28(34)37-2/h5-14,16-17H,3-4,15H2,1-2H3,(H2,32,33,35). The van der Waals surface area contributed by atoms with Crippen LogP contribution < -0.4 is 24.8 Å². The Morgan fingerprint density at radius 2 is 1.56 bits per heavy atom. The van der Waals surface area contributed by atoms with Crippen molar-refractivity contribution in [3.63, 3.8) is 0 Å². The topological polar surface area (TPSA) is 132 Å². The summed E-state index contributed by atoms with van der Waals surface area (Å²) in [7, 11) is 2.91. The molecule has 1 aromatic heterocycles. The van der Waals surface area contributed by atoms with Gasteiger partial charge < -0.3 is 29.6 Å². The van der Waals surface area contributed by atoms with E-state index in [1.54, 1.807) is 80.0 Å². The maximum Gasteiger partial charge on any atom is 0.323 e. The molecule has 0 saturated carbocycles. The Kier molecular flexibility index (Phi) is 8.77. The fourth-order valence-electron chi connectivity index (χ4n) is 3.65. The first kappa shape index (κ1) is 26.8. The fourth-order valence-corrected chi connectivity index (χ4v) is 3.65. The van der Waals surface area contributed by atoms with E-state index in [1.807, 2.05) is 0 Å². The molecule has 2 amide bonds. The predicted octanol–water partition coefficient (Wildman–Crippen LogP) is 5.88. The van der Waals surface area contributed by atoms with Crippen LogP contribution in [-0.2, 0) is 9.53 Å². The lowest BCUT2D eigenvalue weighted by Crippen LogP contribution is -2.19. The van der Waals surface area contributed by atoms with E-state index in [4.69, 9.17) is 14.2 Å². The third-order valence-corrected chi connectivity index (χ3v) is 5.62. The molecule has 3 aromatic carbocycles. The zero-order valence-corrected chi connectivity index (χ0v) is 21.4. The minimum atomic E-state index is -0.388. The molecule has 2 N–H and O–H groups in total. The van der Waals surface area contributed by atoms with Crippen molar-refractivity contribution < 1.29 is 28.5 Å². The third kappa shape index (κ3) is 7.14. The minimum Gasteiger partial charge on any atom is -0.497 e. The summed E-state index contributed by atoms with van der Waals surface area (Å²) in [6, 6.07) is 20.7. The van der Waals surface area contributed by atoms with E-state index in [0.29, 0.717) is 57.3 Å². The maximum absolute atomic E-state index is 12.3. The molecule has 39 heavy (non-hydrogen) atoms. The first-order chi connectivity index (χ1) is 19.0. The number of anilines is 2. The van der Waals surface area contributed by atoms with Crippen molar-refractivity contribution in [2.45, 2.75) is 12.8 Å². The van der Waals surface area contributed by atoms with Gasteiger partial charge in [-0.05, 0) is 67.1 Å². The number of esters is 1. The van der Waals surface area contributed by atoms with E-state index >= 15 is 0 Å². The van der Waals surface area contributed by atoms with Gasteiger partial charge in [0.2, 0.25) is 0 Å². The summed E-state index contributed by atoms with van der Waals surface area (Å²) in [6.07, 6.45) is 2.29. The zero-order valence-electron chi connectivity index (χ0n) is 21.4. The summed E-state index contributed by atoms with van der Waals surface area (Å²) in [5.41, 5.74) is 2.11. The number of rotatable bonds is 10. The summed E-state index contributed by atoms with van der Waals surface area (Å²) in [6.45, 7) is 0.254. The number of ether oxygens (including phenoxy) is 4. The van der Waals surface area contributed by atoms with Gasteiger partial charge in [0.25, 0.3) is 0 Å². The first-order valence-electron chi connectivity index (χ1n) is 12.0. The number of urea groups is 1. The molecule has 0 fully saturated rings. The molecular formula is C29H26N4O6. The zero-order chi connectivity index (χ0) is 27.6. The average molecular weight is 527 g/mol. The van der Waals surface area contributed by atoms with Crippen LogP contribution in [0.25, 0.3) is 10.9 Å². The summed E-state index contributed by atoms with van der Waals surface area (Å²) in [4.78, 5) is 28.0. The largest absolute Gasteiger partial charge is 0.497 e. The van der Waals surface area contributed by atoms with E-state index in [-0.39, 0.29) is 25.0 Å². The summed E-state index contributed by atoms with van der Waals surface area (Å²) in [5.74, 6) is 1.80. The molecule has 10 nitrogen and oxygen atoms in total. The van der Waals surface area contributed by atoms with Crippen molar-refractivity contribution in [2.24, 2.45) is 0 Å². The number of benzene rings is 3. The van der Waals surface area contributed by atoms with Crippen molar-refractivity contribution in [3.05, 3.63) is 78.5 Å². The minimum absolute atomic E-state index is 0.226. The van der Waals surface area contributed by atoms with Crippen LogP contribution in [0, 0.1) is 11.3 Å². The fraction of sp³-hybridized carbons (Fsp3) is 0.172. The normalized spacial score (nSPS) is 10.3. The van der Waals surface area contributed by atoms with Crippen molar-refractivity contribution in [1.82, 2.24) is 4.98 Å². The quantitative estimate of drug-likeness (QED) is 0.193. The SMILES string of the molecule is COC(=O)CCCOc1cc2nccc(Oc3ccc(NC(=O)Nc4ccc(OC)cc4)cc3)c2cc1C#N. The molecule has 4 rings (SSSR count). The molecule has 0 saturated heterocycles. The van der Waals surface area contributed by atoms with Gasteiger partial charge in [0, 0.05) is 35.4 Å². The Morgan fingerprint density at radius 3 is 2.18 bits per heavy atom. The molecule has 0 unspecified atom stereocenters. The Morgan fingerprint density at radius 1 is 0.897 bits per heavy atom. The van der Waals surface area contributed by atoms with Crippen LogP contribution in [0.15, 0.2) is 72.9 Å². The van der Waals surface area contributed by atoms with Crippen LogP contribution in [-0.4, -0.2) is 37.8 Å². The van der Waals surface area contributed by atoms with E-state index in [0.717, 1.165) is 0 Å². The van der Waals surface area contributed by atoms with E-state index < -0.39 is 0 Å². The van der Waals surface area contributed by atoms with E-state index in [2.05, 4.69) is 26.4 Å². The number of hydrogen-bond acceptors (Lipinski definition) is 8. The van der Waals surface area contributed by atoms with Crippen LogP contribution in [0.3, 0.4) is 0 Å². The van der Waals surface area contributed by atoms with Gasteiger partial charge in [0.15, 0.2) is 0 Å². The number of nitrogens with zero attached hydrogens (tertiary/aromatic N) is 2. The maximum atomic E-state index is 12.3. The number of amides is 2. The molecule has 0 spiro atoms. The van der Waals surface area contributed by atoms with Crippen molar-refractivity contribution >= 4 is 34.3 Å². The number of aromatic nitrogens is 1. The molecule has 1 heterocycles. The lowest BCUT2D eigenvalue weighted by atomic mass is 10.1. The molecule has 0 aliphatic rings. The second-order valence-corrected chi connectivity index (χ2v) is 8.25. The predicted molar refractivity (Wildman–Crippen MR) is 145 cm³/mol. The van der Waals surface area contributed by atoms with Gasteiger partial charge in [0.05, 0.1) is 31.9 Å². The van der Waals surface area contributed by atoms with Gasteiger partial charge in [-0.15, -0.1) is 0 Å². The highest BCUT2D eigenvalue weighted by Gasteiger charge is 2.12. The monoisotopic (exact) mass is 526 g/mol. The molecule has 0 radical (unpaired) electrons. The van der Waals surface area contributed by atoms with E-state index in [1.165, 1.54) is 7.11 Å². The summed E-state index contributed by atoms with van der Waals surface area (Å²) in [5, 5.41) is 15.8. The van der Waals surface area contributed by atoms with Crippen LogP contribution in [0.5, 0.6) is 23.0 Å². The molecule has 0 aliphatic carbocycles. The van der Waals surface area contributed by atoms with Crippen molar-refractivity contribution in [1.29, 1.82) is 5.26 Å². The van der Waals surface area contributed by atoms with Crippen LogP contribution in [0.4, 0.5) is 16.2 Å². The van der Waals surface area contributed by atoms with Gasteiger partial charge in [0.1, 0.15) is 29.1 Å². The highest BCUT2D eigenvalue weighted by molar-refractivity contribution is 5.99. The first-order valence-corrected chi connectivity index (χ1v) is 12.0.